The second kappa shape index (κ2) is 2.23. The van der Waals surface area contributed by atoms with Crippen LogP contribution < -0.4 is 5.73 Å². The Hall–Kier alpha value is -0.230. The lowest BCUT2D eigenvalue weighted by Gasteiger charge is -2.16. The molecule has 1 heterocycles. The zero-order valence-electron chi connectivity index (χ0n) is 6.96. The molecular weight excluding hydrogens is 200 g/mol. The summed E-state index contributed by atoms with van der Waals surface area (Å²) < 4.78 is 47.6. The molecule has 1 aliphatic carbocycles. The fourth-order valence-electron chi connectivity index (χ4n) is 1.97. The fourth-order valence-corrected chi connectivity index (χ4v) is 3.85. The summed E-state index contributed by atoms with van der Waals surface area (Å²) in [5.74, 6) is -3.56. The van der Waals surface area contributed by atoms with Crippen LogP contribution in [0.25, 0.3) is 0 Å². The summed E-state index contributed by atoms with van der Waals surface area (Å²) in [7, 11) is -3.10. The van der Waals surface area contributed by atoms with Gasteiger partial charge in [0.15, 0.2) is 9.84 Å². The summed E-state index contributed by atoms with van der Waals surface area (Å²) in [6.45, 7) is 0. The Kier molecular flexibility index (Phi) is 1.60. The van der Waals surface area contributed by atoms with Crippen LogP contribution in [0.3, 0.4) is 0 Å². The monoisotopic (exact) mass is 211 g/mol. The molecule has 76 valence electrons. The van der Waals surface area contributed by atoms with Gasteiger partial charge in [0.05, 0.1) is 17.0 Å². The highest BCUT2D eigenvalue weighted by Crippen LogP contribution is 2.57. The Morgan fingerprint density at radius 3 is 2.23 bits per heavy atom. The molecular formula is C7H11F2NO2S. The number of hydrogen-bond acceptors (Lipinski definition) is 3. The molecule has 0 amide bonds. The van der Waals surface area contributed by atoms with Gasteiger partial charge >= 0.3 is 0 Å². The van der Waals surface area contributed by atoms with E-state index in [1.807, 2.05) is 0 Å². The highest BCUT2D eigenvalue weighted by molar-refractivity contribution is 7.91. The smallest absolute Gasteiger partial charge is 0.268 e. The molecule has 2 unspecified atom stereocenters. The molecule has 2 aliphatic rings. The predicted octanol–water partition coefficient (Wildman–Crippen LogP) is 0.158. The van der Waals surface area contributed by atoms with E-state index in [9.17, 15) is 17.2 Å². The lowest BCUT2D eigenvalue weighted by molar-refractivity contribution is 0.0757. The van der Waals surface area contributed by atoms with Crippen molar-refractivity contribution in [1.29, 1.82) is 0 Å². The van der Waals surface area contributed by atoms with E-state index in [0.717, 1.165) is 0 Å². The van der Waals surface area contributed by atoms with Gasteiger partial charge in [-0.3, -0.25) is 0 Å². The quantitative estimate of drug-likeness (QED) is 0.672. The van der Waals surface area contributed by atoms with Gasteiger partial charge in [-0.25, -0.2) is 17.2 Å². The number of rotatable bonds is 1. The molecule has 3 nitrogen and oxygen atoms in total. The molecule has 0 aromatic rings. The van der Waals surface area contributed by atoms with Gasteiger partial charge in [-0.15, -0.1) is 0 Å². The van der Waals surface area contributed by atoms with Crippen molar-refractivity contribution in [3.63, 3.8) is 0 Å². The zero-order valence-corrected chi connectivity index (χ0v) is 7.78. The standard InChI is InChI=1S/C7H11F2NO2S/c8-7(9)4-6(7,10)5-1-2-13(11,12)3-5/h5H,1-4,10H2. The number of nitrogens with two attached hydrogens (primary N) is 1. The van der Waals surface area contributed by atoms with Crippen molar-refractivity contribution in [2.45, 2.75) is 24.3 Å². The van der Waals surface area contributed by atoms with Crippen LogP contribution in [0, 0.1) is 5.92 Å². The van der Waals surface area contributed by atoms with Crippen LogP contribution in [-0.4, -0.2) is 31.4 Å². The van der Waals surface area contributed by atoms with Gasteiger partial charge in [-0.2, -0.15) is 0 Å². The molecule has 1 saturated carbocycles. The first-order valence-corrected chi connectivity index (χ1v) is 5.96. The number of alkyl halides is 2. The Morgan fingerprint density at radius 2 is 1.92 bits per heavy atom. The predicted molar refractivity (Wildman–Crippen MR) is 43.2 cm³/mol. The van der Waals surface area contributed by atoms with Crippen molar-refractivity contribution in [2.24, 2.45) is 11.7 Å². The molecule has 2 fully saturated rings. The molecule has 0 bridgehead atoms. The maximum Gasteiger partial charge on any atom is 0.268 e. The molecule has 0 aromatic carbocycles. The van der Waals surface area contributed by atoms with Gasteiger partial charge < -0.3 is 5.73 Å². The molecule has 2 N–H and O–H groups in total. The van der Waals surface area contributed by atoms with Crippen LogP contribution in [0.1, 0.15) is 12.8 Å². The summed E-state index contributed by atoms with van der Waals surface area (Å²) >= 11 is 0. The van der Waals surface area contributed by atoms with Gasteiger partial charge in [0.1, 0.15) is 0 Å². The van der Waals surface area contributed by atoms with Crippen LogP contribution in [0.15, 0.2) is 0 Å². The van der Waals surface area contributed by atoms with Crippen LogP contribution in [0.5, 0.6) is 0 Å². The van der Waals surface area contributed by atoms with Crippen molar-refractivity contribution < 1.29 is 17.2 Å². The minimum absolute atomic E-state index is 0.00664. The third-order valence-corrected chi connectivity index (χ3v) is 4.80. The molecule has 1 saturated heterocycles. The molecule has 2 atom stereocenters. The van der Waals surface area contributed by atoms with E-state index in [1.54, 1.807) is 0 Å². The van der Waals surface area contributed by atoms with E-state index in [-0.39, 0.29) is 24.3 Å². The Morgan fingerprint density at radius 1 is 1.38 bits per heavy atom. The van der Waals surface area contributed by atoms with Crippen molar-refractivity contribution in [2.75, 3.05) is 11.5 Å². The summed E-state index contributed by atoms with van der Waals surface area (Å²) in [6.07, 6.45) is -0.0748. The third-order valence-electron chi connectivity index (χ3n) is 3.03. The van der Waals surface area contributed by atoms with Crippen molar-refractivity contribution >= 4 is 9.84 Å². The molecule has 2 rings (SSSR count). The second-order valence-electron chi connectivity index (χ2n) is 4.02. The largest absolute Gasteiger partial charge is 0.320 e. The van der Waals surface area contributed by atoms with Gasteiger partial charge in [-0.05, 0) is 12.3 Å². The lowest BCUT2D eigenvalue weighted by Crippen LogP contribution is -2.39. The average molecular weight is 211 g/mol. The molecule has 6 heteroatoms. The maximum absolute atomic E-state index is 12.8. The SMILES string of the molecule is NC1(C2CCS(=O)(=O)C2)CC1(F)F. The molecule has 0 aromatic heterocycles. The minimum Gasteiger partial charge on any atom is -0.320 e. The van der Waals surface area contributed by atoms with Crippen molar-refractivity contribution in [3.05, 3.63) is 0 Å². The van der Waals surface area contributed by atoms with Crippen molar-refractivity contribution in [3.8, 4) is 0 Å². The Bertz CT molecular complexity index is 340. The molecule has 13 heavy (non-hydrogen) atoms. The summed E-state index contributed by atoms with van der Waals surface area (Å²) in [5, 5.41) is 0. The molecule has 1 aliphatic heterocycles. The lowest BCUT2D eigenvalue weighted by atomic mass is 9.97. The van der Waals surface area contributed by atoms with Gasteiger partial charge in [0, 0.05) is 6.42 Å². The average Bonchev–Trinajstić information content (AvgIpc) is 2.36. The molecule has 0 radical (unpaired) electrons. The maximum atomic E-state index is 12.8. The summed E-state index contributed by atoms with van der Waals surface area (Å²) in [6, 6.07) is 0. The van der Waals surface area contributed by atoms with Crippen LogP contribution in [-0.2, 0) is 9.84 Å². The van der Waals surface area contributed by atoms with Crippen LogP contribution >= 0.6 is 0 Å². The van der Waals surface area contributed by atoms with E-state index in [2.05, 4.69) is 0 Å². The first kappa shape index (κ1) is 9.33. The summed E-state index contributed by atoms with van der Waals surface area (Å²) in [4.78, 5) is 0. The van der Waals surface area contributed by atoms with E-state index in [0.29, 0.717) is 0 Å². The van der Waals surface area contributed by atoms with E-state index < -0.39 is 27.2 Å². The normalized spacial score (nSPS) is 46.2. The topological polar surface area (TPSA) is 60.2 Å². The Balaban J connectivity index is 2.15. The van der Waals surface area contributed by atoms with E-state index >= 15 is 0 Å². The fraction of sp³-hybridized carbons (Fsp3) is 1.00. The van der Waals surface area contributed by atoms with E-state index in [4.69, 9.17) is 5.73 Å². The Labute approximate surface area is 75.2 Å². The first-order valence-electron chi connectivity index (χ1n) is 4.14. The van der Waals surface area contributed by atoms with Gasteiger partial charge in [0.25, 0.3) is 5.92 Å². The van der Waals surface area contributed by atoms with Crippen LogP contribution in [0.4, 0.5) is 8.78 Å². The molecule has 0 spiro atoms. The second-order valence-corrected chi connectivity index (χ2v) is 6.25. The highest BCUT2D eigenvalue weighted by atomic mass is 32.2. The minimum atomic E-state index is -3.10. The zero-order chi connectivity index (χ0) is 9.91. The summed E-state index contributed by atoms with van der Waals surface area (Å²) in [5.41, 5.74) is 3.91. The third kappa shape index (κ3) is 1.27. The van der Waals surface area contributed by atoms with E-state index in [1.165, 1.54) is 0 Å². The van der Waals surface area contributed by atoms with Gasteiger partial charge in [0.2, 0.25) is 0 Å². The number of hydrogen-bond donors (Lipinski definition) is 1. The van der Waals surface area contributed by atoms with Gasteiger partial charge in [-0.1, -0.05) is 0 Å². The van der Waals surface area contributed by atoms with Crippen molar-refractivity contribution in [1.82, 2.24) is 0 Å². The highest BCUT2D eigenvalue weighted by Gasteiger charge is 2.73. The number of halogens is 2. The van der Waals surface area contributed by atoms with Crippen LogP contribution in [0.2, 0.25) is 0 Å². The first-order chi connectivity index (χ1) is 5.77. The number of sulfone groups is 1.